The Labute approximate surface area is 495 Å². The van der Waals surface area contributed by atoms with Gasteiger partial charge in [0.05, 0.1) is 0 Å². The Morgan fingerprint density at radius 3 is 0.800 bits per heavy atom. The molecule has 0 bridgehead atoms. The van der Waals surface area contributed by atoms with Crippen LogP contribution in [0.3, 0.4) is 0 Å². The van der Waals surface area contributed by atoms with Gasteiger partial charge in [-0.05, 0) is 109 Å². The number of rotatable bonds is 61. The number of esters is 3. The van der Waals surface area contributed by atoms with E-state index < -0.39 is 6.10 Å². The van der Waals surface area contributed by atoms with Gasteiger partial charge in [-0.25, -0.2) is 0 Å². The second kappa shape index (κ2) is 67.6. The maximum Gasteiger partial charge on any atom is 0.306 e. The Kier molecular flexibility index (Phi) is 64.3. The summed E-state index contributed by atoms with van der Waals surface area (Å²) in [5.74, 6) is -0.911. The Bertz CT molecular complexity index is 1610. The second-order valence-corrected chi connectivity index (χ2v) is 22.4. The summed E-state index contributed by atoms with van der Waals surface area (Å²) in [7, 11) is 0. The van der Waals surface area contributed by atoms with Crippen molar-refractivity contribution in [3.8, 4) is 0 Å². The highest BCUT2D eigenvalue weighted by molar-refractivity contribution is 5.71. The topological polar surface area (TPSA) is 78.9 Å². The van der Waals surface area contributed by atoms with E-state index >= 15 is 0 Å². The molecule has 0 rings (SSSR count). The fourth-order valence-electron chi connectivity index (χ4n) is 9.45. The van der Waals surface area contributed by atoms with Crippen LogP contribution in [0.15, 0.2) is 109 Å². The van der Waals surface area contributed by atoms with Crippen LogP contribution in [0.1, 0.15) is 323 Å². The highest BCUT2D eigenvalue weighted by atomic mass is 16.6. The van der Waals surface area contributed by atoms with Crippen LogP contribution in [-0.2, 0) is 28.6 Å². The van der Waals surface area contributed by atoms with Crippen LogP contribution in [-0.4, -0.2) is 37.2 Å². The van der Waals surface area contributed by atoms with E-state index in [-0.39, 0.29) is 31.1 Å². The fraction of sp³-hybridized carbons (Fsp3) is 0.716. The maximum absolute atomic E-state index is 12.9. The molecule has 0 heterocycles. The first-order chi connectivity index (χ1) is 39.5. The molecule has 0 spiro atoms. The average molecular weight is 1110 g/mol. The summed E-state index contributed by atoms with van der Waals surface area (Å²) in [6, 6.07) is 0. The summed E-state index contributed by atoms with van der Waals surface area (Å²) in [6.45, 7) is 6.51. The molecule has 0 amide bonds. The van der Waals surface area contributed by atoms with Crippen molar-refractivity contribution >= 4 is 17.9 Å². The van der Waals surface area contributed by atoms with Crippen molar-refractivity contribution in [2.24, 2.45) is 0 Å². The van der Waals surface area contributed by atoms with Crippen molar-refractivity contribution in [2.45, 2.75) is 329 Å². The van der Waals surface area contributed by atoms with Crippen LogP contribution in [0.5, 0.6) is 0 Å². The van der Waals surface area contributed by atoms with Crippen molar-refractivity contribution in [2.75, 3.05) is 13.2 Å². The zero-order valence-electron chi connectivity index (χ0n) is 52.6. The minimum atomic E-state index is -0.793. The van der Waals surface area contributed by atoms with Crippen LogP contribution in [0.2, 0.25) is 0 Å². The molecule has 0 N–H and O–H groups in total. The summed E-state index contributed by atoms with van der Waals surface area (Å²) in [5, 5.41) is 0. The van der Waals surface area contributed by atoms with E-state index in [4.69, 9.17) is 14.2 Å². The molecule has 0 saturated heterocycles. The normalized spacial score (nSPS) is 12.8. The molecular weight excluding hydrogens is 985 g/mol. The number of unbranched alkanes of at least 4 members (excludes halogenated alkanes) is 32. The lowest BCUT2D eigenvalue weighted by atomic mass is 10.0. The van der Waals surface area contributed by atoms with Crippen LogP contribution in [0.25, 0.3) is 0 Å². The van der Waals surface area contributed by atoms with E-state index in [2.05, 4.69) is 130 Å². The Balaban J connectivity index is 4.34. The standard InChI is InChI=1S/C74H126O6/c1-4-7-10-13-16-19-22-25-27-29-31-33-34-35-36-37-38-39-40-42-43-45-47-49-52-55-58-61-64-67-73(76)79-70-71(69-78-72(75)66-63-60-57-54-51-24-21-18-15-12-9-6-3)80-74(77)68-65-62-59-56-53-50-48-46-44-41-32-30-28-26-23-20-17-14-11-8-5-2/h7,10,16,18-19,21,25,27,31,33,35-36,38-39,42-43,47,49,71H,4-6,8-9,11-15,17,20,22-24,26,28-30,32,34,37,40-41,44-46,48,50-70H2,1-3H3/b10-7-,19-16-,21-18-,27-25-,33-31-,36-35-,39-38-,43-42-,49-47-. The molecule has 0 aromatic carbocycles. The summed E-state index contributed by atoms with van der Waals surface area (Å²) >= 11 is 0. The molecule has 1 atom stereocenters. The Hall–Kier alpha value is -3.93. The first kappa shape index (κ1) is 76.1. The lowest BCUT2D eigenvalue weighted by Crippen LogP contribution is -2.30. The molecule has 0 aromatic rings. The number of hydrogen-bond donors (Lipinski definition) is 0. The first-order valence-electron chi connectivity index (χ1n) is 33.9. The smallest absolute Gasteiger partial charge is 0.306 e. The van der Waals surface area contributed by atoms with E-state index in [1.807, 2.05) is 0 Å². The maximum atomic E-state index is 12.9. The van der Waals surface area contributed by atoms with Crippen molar-refractivity contribution < 1.29 is 28.6 Å². The van der Waals surface area contributed by atoms with Crippen LogP contribution < -0.4 is 0 Å². The van der Waals surface area contributed by atoms with Gasteiger partial charge >= 0.3 is 17.9 Å². The van der Waals surface area contributed by atoms with Crippen LogP contribution >= 0.6 is 0 Å². The molecule has 0 fully saturated rings. The third-order valence-electron chi connectivity index (χ3n) is 14.5. The van der Waals surface area contributed by atoms with Gasteiger partial charge in [0, 0.05) is 19.3 Å². The lowest BCUT2D eigenvalue weighted by Gasteiger charge is -2.18. The van der Waals surface area contributed by atoms with Gasteiger partial charge in [-0.1, -0.05) is 304 Å². The molecule has 0 aliphatic rings. The molecule has 0 aromatic heterocycles. The third-order valence-corrected chi connectivity index (χ3v) is 14.5. The summed E-state index contributed by atoms with van der Waals surface area (Å²) in [5.41, 5.74) is 0. The van der Waals surface area contributed by atoms with Gasteiger partial charge in [0.1, 0.15) is 13.2 Å². The highest BCUT2D eigenvalue weighted by Gasteiger charge is 2.19. The molecule has 0 aliphatic carbocycles. The lowest BCUT2D eigenvalue weighted by molar-refractivity contribution is -0.167. The zero-order chi connectivity index (χ0) is 57.8. The van der Waals surface area contributed by atoms with Crippen LogP contribution in [0, 0.1) is 0 Å². The Morgan fingerprint density at radius 1 is 0.263 bits per heavy atom. The number of allylic oxidation sites excluding steroid dienone is 18. The molecule has 458 valence electrons. The number of ether oxygens (including phenoxy) is 3. The van der Waals surface area contributed by atoms with Crippen molar-refractivity contribution in [3.63, 3.8) is 0 Å². The molecule has 6 nitrogen and oxygen atoms in total. The number of carbonyl (C=O) groups is 3. The first-order valence-corrected chi connectivity index (χ1v) is 33.9. The average Bonchev–Trinajstić information content (AvgIpc) is 3.46. The van der Waals surface area contributed by atoms with Gasteiger partial charge in [-0.15, -0.1) is 0 Å². The predicted octanol–water partition coefficient (Wildman–Crippen LogP) is 23.4. The van der Waals surface area contributed by atoms with Gasteiger partial charge in [0.2, 0.25) is 0 Å². The summed E-state index contributed by atoms with van der Waals surface area (Å²) in [6.07, 6.45) is 92.5. The summed E-state index contributed by atoms with van der Waals surface area (Å²) < 4.78 is 16.9. The quantitative estimate of drug-likeness (QED) is 0.0261. The van der Waals surface area contributed by atoms with Crippen molar-refractivity contribution in [3.05, 3.63) is 109 Å². The van der Waals surface area contributed by atoms with Gasteiger partial charge < -0.3 is 14.2 Å². The van der Waals surface area contributed by atoms with Gasteiger partial charge in [-0.3, -0.25) is 14.4 Å². The minimum Gasteiger partial charge on any atom is -0.462 e. The monoisotopic (exact) mass is 1110 g/mol. The van der Waals surface area contributed by atoms with E-state index in [1.165, 1.54) is 154 Å². The van der Waals surface area contributed by atoms with E-state index in [0.717, 1.165) is 128 Å². The van der Waals surface area contributed by atoms with E-state index in [9.17, 15) is 14.4 Å². The molecule has 0 aliphatic heterocycles. The molecule has 6 heteroatoms. The predicted molar refractivity (Wildman–Crippen MR) is 348 cm³/mol. The third kappa shape index (κ3) is 64.9. The fourth-order valence-corrected chi connectivity index (χ4v) is 9.45. The van der Waals surface area contributed by atoms with Gasteiger partial charge in [0.25, 0.3) is 0 Å². The molecule has 1 unspecified atom stereocenters. The highest BCUT2D eigenvalue weighted by Crippen LogP contribution is 2.17. The van der Waals surface area contributed by atoms with Crippen molar-refractivity contribution in [1.82, 2.24) is 0 Å². The van der Waals surface area contributed by atoms with E-state index in [1.54, 1.807) is 0 Å². The molecule has 0 saturated carbocycles. The Morgan fingerprint density at radius 2 is 0.487 bits per heavy atom. The second-order valence-electron chi connectivity index (χ2n) is 22.4. The number of carbonyl (C=O) groups excluding carboxylic acids is 3. The minimum absolute atomic E-state index is 0.0888. The molecule has 80 heavy (non-hydrogen) atoms. The SMILES string of the molecule is CC/C=C\C/C=C\C/C=C\C/C=C\C/C=C\C/C=C\C/C=C\C/C=C\CCCCCCC(=O)OCC(COC(=O)CCCCCCC/C=C\CCCCC)OC(=O)CCCCCCCCCCCCCCCCCCCCCCC. The summed E-state index contributed by atoms with van der Waals surface area (Å²) in [4.78, 5) is 38.3. The van der Waals surface area contributed by atoms with Crippen LogP contribution in [0.4, 0.5) is 0 Å². The van der Waals surface area contributed by atoms with Gasteiger partial charge in [-0.2, -0.15) is 0 Å². The molecular formula is C74H126O6. The largest absolute Gasteiger partial charge is 0.462 e. The van der Waals surface area contributed by atoms with Gasteiger partial charge in [0.15, 0.2) is 6.10 Å². The molecule has 0 radical (unpaired) electrons. The van der Waals surface area contributed by atoms with Crippen molar-refractivity contribution in [1.29, 1.82) is 0 Å². The number of hydrogen-bond acceptors (Lipinski definition) is 6. The zero-order valence-corrected chi connectivity index (χ0v) is 52.6. The van der Waals surface area contributed by atoms with E-state index in [0.29, 0.717) is 19.3 Å².